The van der Waals surface area contributed by atoms with Crippen molar-refractivity contribution < 1.29 is 9.59 Å². The maximum Gasteiger partial charge on any atom is 0.321 e. The van der Waals surface area contributed by atoms with E-state index in [1.807, 2.05) is 48.7 Å². The number of unbranched alkanes of at least 4 members (excludes halogenated alkanes) is 1. The first-order valence-corrected chi connectivity index (χ1v) is 11.2. The Morgan fingerprint density at radius 1 is 1.16 bits per heavy atom. The lowest BCUT2D eigenvalue weighted by Crippen LogP contribution is -2.40. The summed E-state index contributed by atoms with van der Waals surface area (Å²) in [5.74, 6) is 0.199. The van der Waals surface area contributed by atoms with Gasteiger partial charge < -0.3 is 5.32 Å². The summed E-state index contributed by atoms with van der Waals surface area (Å²) in [6, 6.07) is 8.76. The molecular formula is C21H23ClN6O2S. The maximum atomic E-state index is 12.2. The first kappa shape index (κ1) is 22.8. The van der Waals surface area contributed by atoms with E-state index in [2.05, 4.69) is 25.8 Å². The van der Waals surface area contributed by atoms with Crippen LogP contribution in [0.2, 0.25) is 5.02 Å². The Morgan fingerprint density at radius 2 is 1.94 bits per heavy atom. The van der Waals surface area contributed by atoms with Crippen LogP contribution in [-0.2, 0) is 4.79 Å². The normalized spacial score (nSPS) is 10.7. The van der Waals surface area contributed by atoms with Crippen molar-refractivity contribution in [3.05, 3.63) is 53.3 Å². The Bertz CT molecular complexity index is 1060. The van der Waals surface area contributed by atoms with Crippen LogP contribution in [0.25, 0.3) is 17.1 Å². The van der Waals surface area contributed by atoms with Crippen molar-refractivity contribution in [1.29, 1.82) is 0 Å². The first-order chi connectivity index (χ1) is 15.0. The fourth-order valence-electron chi connectivity index (χ4n) is 2.82. The average molecular weight is 459 g/mol. The summed E-state index contributed by atoms with van der Waals surface area (Å²) in [7, 11) is 0. The third-order valence-corrected chi connectivity index (χ3v) is 5.79. The molecule has 31 heavy (non-hydrogen) atoms. The first-order valence-electron chi connectivity index (χ1n) is 9.83. The molecule has 1 aromatic carbocycles. The zero-order chi connectivity index (χ0) is 22.2. The largest absolute Gasteiger partial charge is 0.338 e. The fraction of sp³-hybridized carbons (Fsp3) is 0.286. The molecule has 0 spiro atoms. The number of rotatable bonds is 8. The van der Waals surface area contributed by atoms with Gasteiger partial charge in [0.1, 0.15) is 0 Å². The van der Waals surface area contributed by atoms with Gasteiger partial charge in [0.25, 0.3) is 0 Å². The van der Waals surface area contributed by atoms with Crippen LogP contribution in [-0.4, -0.2) is 44.0 Å². The van der Waals surface area contributed by atoms with Crippen molar-refractivity contribution in [3.63, 3.8) is 0 Å². The fourth-order valence-corrected chi connectivity index (χ4v) is 3.74. The van der Waals surface area contributed by atoms with Crippen LogP contribution in [0, 0.1) is 6.92 Å². The molecule has 3 rings (SSSR count). The number of carbonyl (C=O) groups is 2. The van der Waals surface area contributed by atoms with Gasteiger partial charge in [-0.15, -0.1) is 10.2 Å². The van der Waals surface area contributed by atoms with Gasteiger partial charge in [-0.1, -0.05) is 42.8 Å². The number of aromatic nitrogens is 4. The number of nitrogens with zero attached hydrogens (tertiary/aromatic N) is 4. The number of urea groups is 1. The molecule has 0 saturated carbocycles. The Kier molecular flexibility index (Phi) is 8.02. The molecule has 0 atom stereocenters. The molecule has 2 heterocycles. The number of amides is 3. The zero-order valence-corrected chi connectivity index (χ0v) is 18.8. The molecule has 0 unspecified atom stereocenters. The van der Waals surface area contributed by atoms with Crippen LogP contribution in [0.15, 0.2) is 47.9 Å². The van der Waals surface area contributed by atoms with Crippen molar-refractivity contribution >= 4 is 35.3 Å². The summed E-state index contributed by atoms with van der Waals surface area (Å²) in [5.41, 5.74) is 2.50. The van der Waals surface area contributed by atoms with E-state index in [9.17, 15) is 9.59 Å². The lowest BCUT2D eigenvalue weighted by atomic mass is 10.2. The summed E-state index contributed by atoms with van der Waals surface area (Å²) in [6.45, 7) is 4.47. The molecule has 3 aromatic rings. The zero-order valence-electron chi connectivity index (χ0n) is 17.3. The molecule has 0 fully saturated rings. The van der Waals surface area contributed by atoms with Crippen LogP contribution in [0.3, 0.4) is 0 Å². The van der Waals surface area contributed by atoms with E-state index < -0.39 is 11.9 Å². The van der Waals surface area contributed by atoms with Crippen molar-refractivity contribution in [1.82, 2.24) is 30.4 Å². The van der Waals surface area contributed by atoms with Crippen molar-refractivity contribution in [2.75, 3.05) is 12.3 Å². The predicted molar refractivity (Wildman–Crippen MR) is 122 cm³/mol. The number of pyridine rings is 1. The average Bonchev–Trinajstić information content (AvgIpc) is 3.19. The molecule has 162 valence electrons. The van der Waals surface area contributed by atoms with E-state index in [1.165, 1.54) is 11.8 Å². The molecule has 0 saturated heterocycles. The molecule has 0 aliphatic carbocycles. The lowest BCUT2D eigenvalue weighted by Gasteiger charge is -2.13. The summed E-state index contributed by atoms with van der Waals surface area (Å²) in [4.78, 5) is 28.1. The Morgan fingerprint density at radius 3 is 2.68 bits per heavy atom. The van der Waals surface area contributed by atoms with Crippen LogP contribution < -0.4 is 10.6 Å². The van der Waals surface area contributed by atoms with E-state index in [-0.39, 0.29) is 5.75 Å². The van der Waals surface area contributed by atoms with Gasteiger partial charge in [0.2, 0.25) is 5.91 Å². The second-order valence-corrected chi connectivity index (χ2v) is 8.06. The Hall–Kier alpha value is -2.91. The van der Waals surface area contributed by atoms with E-state index >= 15 is 0 Å². The second-order valence-electron chi connectivity index (χ2n) is 6.71. The third-order valence-electron chi connectivity index (χ3n) is 4.45. The number of nitrogens with one attached hydrogen (secondary N) is 2. The summed E-state index contributed by atoms with van der Waals surface area (Å²) in [6.07, 6.45) is 5.17. The van der Waals surface area contributed by atoms with Crippen LogP contribution >= 0.6 is 23.4 Å². The predicted octanol–water partition coefficient (Wildman–Crippen LogP) is 4.01. The minimum absolute atomic E-state index is 0.00922. The number of imide groups is 1. The Labute approximate surface area is 189 Å². The number of halogens is 1. The van der Waals surface area contributed by atoms with E-state index in [0.717, 1.165) is 29.7 Å². The number of benzene rings is 1. The summed E-state index contributed by atoms with van der Waals surface area (Å²) in [5, 5.41) is 14.7. The van der Waals surface area contributed by atoms with Crippen molar-refractivity contribution in [2.45, 2.75) is 31.8 Å². The molecule has 3 amide bonds. The molecule has 8 nitrogen and oxygen atoms in total. The standard InChI is InChI=1S/C21H23ClN6O2S/c1-3-4-10-24-20(30)25-18(29)13-31-21-27-26-19(15-8-11-23-12-9-15)28(21)17-7-5-6-16(22)14(17)2/h5-9,11-12H,3-4,10,13H2,1-2H3,(H2,24,25,29,30). The smallest absolute Gasteiger partial charge is 0.321 e. The molecule has 0 bridgehead atoms. The van der Waals surface area contributed by atoms with Crippen LogP contribution in [0.5, 0.6) is 0 Å². The maximum absolute atomic E-state index is 12.2. The van der Waals surface area contributed by atoms with Gasteiger partial charge in [-0.25, -0.2) is 4.79 Å². The quantitative estimate of drug-likeness (QED) is 0.390. The molecular weight excluding hydrogens is 436 g/mol. The minimum Gasteiger partial charge on any atom is -0.338 e. The summed E-state index contributed by atoms with van der Waals surface area (Å²) < 4.78 is 1.86. The number of hydrogen-bond acceptors (Lipinski definition) is 6. The number of thioether (sulfide) groups is 1. The van der Waals surface area contributed by atoms with Gasteiger partial charge in [0, 0.05) is 29.5 Å². The van der Waals surface area contributed by atoms with Gasteiger partial charge in [0.15, 0.2) is 11.0 Å². The van der Waals surface area contributed by atoms with Gasteiger partial charge in [0.05, 0.1) is 11.4 Å². The van der Waals surface area contributed by atoms with E-state index in [4.69, 9.17) is 11.6 Å². The third kappa shape index (κ3) is 5.83. The lowest BCUT2D eigenvalue weighted by molar-refractivity contribution is -0.117. The SMILES string of the molecule is CCCCNC(=O)NC(=O)CSc1nnc(-c2ccncc2)n1-c1cccc(Cl)c1C. The summed E-state index contributed by atoms with van der Waals surface area (Å²) >= 11 is 7.53. The van der Waals surface area contributed by atoms with Gasteiger partial charge in [-0.2, -0.15) is 0 Å². The molecule has 0 aliphatic rings. The molecule has 2 N–H and O–H groups in total. The van der Waals surface area contributed by atoms with Crippen molar-refractivity contribution in [3.8, 4) is 17.1 Å². The Balaban J connectivity index is 1.83. The van der Waals surface area contributed by atoms with Crippen LogP contribution in [0.4, 0.5) is 4.79 Å². The molecule has 0 aliphatic heterocycles. The monoisotopic (exact) mass is 458 g/mol. The van der Waals surface area contributed by atoms with Gasteiger partial charge >= 0.3 is 6.03 Å². The van der Waals surface area contributed by atoms with Gasteiger partial charge in [-0.05, 0) is 43.2 Å². The molecule has 0 radical (unpaired) electrons. The van der Waals surface area contributed by atoms with E-state index in [1.54, 1.807) is 12.4 Å². The van der Waals surface area contributed by atoms with Gasteiger partial charge in [-0.3, -0.25) is 19.7 Å². The highest BCUT2D eigenvalue weighted by molar-refractivity contribution is 7.99. The van der Waals surface area contributed by atoms with E-state index in [0.29, 0.717) is 22.5 Å². The second kappa shape index (κ2) is 10.9. The highest BCUT2D eigenvalue weighted by Gasteiger charge is 2.19. The van der Waals surface area contributed by atoms with Crippen LogP contribution in [0.1, 0.15) is 25.3 Å². The minimum atomic E-state index is -0.497. The number of carbonyl (C=O) groups excluding carboxylic acids is 2. The molecule has 2 aromatic heterocycles. The highest BCUT2D eigenvalue weighted by Crippen LogP contribution is 2.31. The highest BCUT2D eigenvalue weighted by atomic mass is 35.5. The topological polar surface area (TPSA) is 102 Å². The number of hydrogen-bond donors (Lipinski definition) is 2. The van der Waals surface area contributed by atoms with Crippen molar-refractivity contribution in [2.24, 2.45) is 0 Å². The molecule has 10 heteroatoms.